The maximum Gasteiger partial charge on any atom is 0.166 e. The van der Waals surface area contributed by atoms with Gasteiger partial charge in [-0.1, -0.05) is 12.2 Å². The topological polar surface area (TPSA) is 33.3 Å². The Kier molecular flexibility index (Phi) is 4.90. The maximum atomic E-state index is 5.46. The molecule has 2 N–H and O–H groups in total. The van der Waals surface area contributed by atoms with Crippen LogP contribution in [0.3, 0.4) is 0 Å². The smallest absolute Gasteiger partial charge is 0.166 e. The van der Waals surface area contributed by atoms with Crippen molar-refractivity contribution in [3.8, 4) is 0 Å². The number of hydrogen-bond acceptors (Lipinski definition) is 2. The number of hydrogen-bond donors (Lipinski definition) is 2. The van der Waals surface area contributed by atoms with Gasteiger partial charge in [0.05, 0.1) is 6.10 Å². The molecule has 0 aromatic carbocycles. The van der Waals surface area contributed by atoms with Gasteiger partial charge in [0.15, 0.2) is 5.11 Å². The van der Waals surface area contributed by atoms with Gasteiger partial charge in [-0.15, -0.1) is 0 Å². The molecule has 0 aromatic heterocycles. The molecule has 0 radical (unpaired) electrons. The highest BCUT2D eigenvalue weighted by Crippen LogP contribution is 2.10. The first-order valence-electron chi connectivity index (χ1n) is 4.96. The van der Waals surface area contributed by atoms with Gasteiger partial charge in [0.2, 0.25) is 0 Å². The summed E-state index contributed by atoms with van der Waals surface area (Å²) in [5.41, 5.74) is 1.08. The minimum Gasteiger partial charge on any atom is -0.376 e. The van der Waals surface area contributed by atoms with Crippen molar-refractivity contribution >= 4 is 17.3 Å². The fourth-order valence-electron chi connectivity index (χ4n) is 1.31. The summed E-state index contributed by atoms with van der Waals surface area (Å²) in [6.07, 6.45) is 2.63. The zero-order valence-corrected chi connectivity index (χ0v) is 9.45. The Bertz CT molecular complexity index is 212. The summed E-state index contributed by atoms with van der Waals surface area (Å²) in [7, 11) is 0. The lowest BCUT2D eigenvalue weighted by atomic mass is 10.2. The van der Waals surface area contributed by atoms with E-state index in [0.717, 1.165) is 38.1 Å². The van der Waals surface area contributed by atoms with Crippen LogP contribution in [0.2, 0.25) is 0 Å². The molecule has 1 saturated heterocycles. The van der Waals surface area contributed by atoms with Gasteiger partial charge in [-0.05, 0) is 32.0 Å². The van der Waals surface area contributed by atoms with Crippen molar-refractivity contribution in [2.45, 2.75) is 25.9 Å². The highest BCUT2D eigenvalue weighted by molar-refractivity contribution is 7.80. The minimum absolute atomic E-state index is 0.333. The van der Waals surface area contributed by atoms with Crippen molar-refractivity contribution in [3.05, 3.63) is 12.2 Å². The number of ether oxygens (including phenoxy) is 1. The van der Waals surface area contributed by atoms with E-state index in [4.69, 9.17) is 17.0 Å². The molecule has 1 atom stereocenters. The molecule has 0 aliphatic carbocycles. The van der Waals surface area contributed by atoms with E-state index in [9.17, 15) is 0 Å². The molecule has 1 aliphatic heterocycles. The van der Waals surface area contributed by atoms with Gasteiger partial charge in [-0.3, -0.25) is 0 Å². The lowest BCUT2D eigenvalue weighted by Crippen LogP contribution is -2.39. The van der Waals surface area contributed by atoms with Crippen molar-refractivity contribution in [2.75, 3.05) is 19.7 Å². The predicted octanol–water partition coefficient (Wildman–Crippen LogP) is 1.21. The molecule has 0 amide bonds. The lowest BCUT2D eigenvalue weighted by Gasteiger charge is -2.13. The second-order valence-corrected chi connectivity index (χ2v) is 4.06. The van der Waals surface area contributed by atoms with Crippen LogP contribution in [0.15, 0.2) is 12.2 Å². The monoisotopic (exact) mass is 214 g/mol. The van der Waals surface area contributed by atoms with Crippen LogP contribution in [-0.4, -0.2) is 30.9 Å². The lowest BCUT2D eigenvalue weighted by molar-refractivity contribution is 0.114. The van der Waals surface area contributed by atoms with Gasteiger partial charge < -0.3 is 15.4 Å². The Hall–Kier alpha value is -0.610. The van der Waals surface area contributed by atoms with Gasteiger partial charge in [0.1, 0.15) is 0 Å². The largest absolute Gasteiger partial charge is 0.376 e. The molecule has 1 rings (SSSR count). The summed E-state index contributed by atoms with van der Waals surface area (Å²) in [5, 5.41) is 6.89. The van der Waals surface area contributed by atoms with E-state index >= 15 is 0 Å². The SMILES string of the molecule is C=C(C)CNC(=S)NCC1CCCO1. The molecule has 0 bridgehead atoms. The van der Waals surface area contributed by atoms with Gasteiger partial charge in [-0.25, -0.2) is 0 Å². The summed E-state index contributed by atoms with van der Waals surface area (Å²) in [6, 6.07) is 0. The molecule has 3 nitrogen and oxygen atoms in total. The van der Waals surface area contributed by atoms with Crippen LogP contribution in [0.5, 0.6) is 0 Å². The summed E-state index contributed by atoms with van der Waals surface area (Å²) < 4.78 is 5.46. The number of nitrogens with one attached hydrogen (secondary N) is 2. The summed E-state index contributed by atoms with van der Waals surface area (Å²) in [5.74, 6) is 0. The quantitative estimate of drug-likeness (QED) is 0.544. The van der Waals surface area contributed by atoms with Gasteiger partial charge in [0.25, 0.3) is 0 Å². The first kappa shape index (κ1) is 11.5. The first-order valence-corrected chi connectivity index (χ1v) is 5.37. The van der Waals surface area contributed by atoms with Crippen molar-refractivity contribution in [1.82, 2.24) is 10.6 Å². The van der Waals surface area contributed by atoms with Crippen molar-refractivity contribution < 1.29 is 4.74 Å². The summed E-state index contributed by atoms with van der Waals surface area (Å²) in [4.78, 5) is 0. The highest BCUT2D eigenvalue weighted by atomic mass is 32.1. The molecule has 1 unspecified atom stereocenters. The van der Waals surface area contributed by atoms with Gasteiger partial charge in [-0.2, -0.15) is 0 Å². The highest BCUT2D eigenvalue weighted by Gasteiger charge is 2.14. The normalized spacial score (nSPS) is 20.5. The van der Waals surface area contributed by atoms with Crippen LogP contribution in [0.4, 0.5) is 0 Å². The number of rotatable bonds is 4. The zero-order chi connectivity index (χ0) is 10.4. The molecule has 4 heteroatoms. The molecule has 14 heavy (non-hydrogen) atoms. The third kappa shape index (κ3) is 4.58. The van der Waals surface area contributed by atoms with Crippen molar-refractivity contribution in [2.24, 2.45) is 0 Å². The Morgan fingerprint density at radius 2 is 2.36 bits per heavy atom. The molecule has 80 valence electrons. The summed E-state index contributed by atoms with van der Waals surface area (Å²) >= 11 is 5.09. The van der Waals surface area contributed by atoms with Gasteiger partial charge >= 0.3 is 0 Å². The van der Waals surface area contributed by atoms with Crippen LogP contribution < -0.4 is 10.6 Å². The van der Waals surface area contributed by atoms with E-state index in [1.807, 2.05) is 6.92 Å². The molecular formula is C10H18N2OS. The molecular weight excluding hydrogens is 196 g/mol. The van der Waals surface area contributed by atoms with E-state index in [1.54, 1.807) is 0 Å². The average Bonchev–Trinajstić information content (AvgIpc) is 2.63. The van der Waals surface area contributed by atoms with Crippen LogP contribution in [0.1, 0.15) is 19.8 Å². The zero-order valence-electron chi connectivity index (χ0n) is 8.64. The minimum atomic E-state index is 0.333. The third-order valence-electron chi connectivity index (χ3n) is 2.07. The number of thiocarbonyl (C=S) groups is 1. The molecule has 0 spiro atoms. The molecule has 0 aromatic rings. The van der Waals surface area contributed by atoms with Crippen LogP contribution in [0, 0.1) is 0 Å². The Morgan fingerprint density at radius 3 is 2.93 bits per heavy atom. The Morgan fingerprint density at radius 1 is 1.57 bits per heavy atom. The van der Waals surface area contributed by atoms with Crippen molar-refractivity contribution in [3.63, 3.8) is 0 Å². The maximum absolute atomic E-state index is 5.46. The van der Waals surface area contributed by atoms with E-state index < -0.39 is 0 Å². The molecule has 0 saturated carbocycles. The van der Waals surface area contributed by atoms with Crippen LogP contribution in [0.25, 0.3) is 0 Å². The van der Waals surface area contributed by atoms with E-state index in [0.29, 0.717) is 11.2 Å². The molecule has 1 heterocycles. The fraction of sp³-hybridized carbons (Fsp3) is 0.700. The van der Waals surface area contributed by atoms with E-state index in [-0.39, 0.29) is 0 Å². The standard InChI is InChI=1S/C10H18N2OS/c1-8(2)6-11-10(14)12-7-9-4-3-5-13-9/h9H,1,3-7H2,2H3,(H2,11,12,14). The Labute approximate surface area is 90.9 Å². The molecule has 1 fully saturated rings. The van der Waals surface area contributed by atoms with E-state index in [1.165, 1.54) is 0 Å². The summed E-state index contributed by atoms with van der Waals surface area (Å²) in [6.45, 7) is 8.19. The second kappa shape index (κ2) is 5.98. The first-order chi connectivity index (χ1) is 6.68. The van der Waals surface area contributed by atoms with Crippen molar-refractivity contribution in [1.29, 1.82) is 0 Å². The van der Waals surface area contributed by atoms with Crippen LogP contribution >= 0.6 is 12.2 Å². The average molecular weight is 214 g/mol. The second-order valence-electron chi connectivity index (χ2n) is 3.66. The fourth-order valence-corrected chi connectivity index (χ4v) is 1.46. The van der Waals surface area contributed by atoms with E-state index in [2.05, 4.69) is 17.2 Å². The van der Waals surface area contributed by atoms with Crippen LogP contribution in [-0.2, 0) is 4.74 Å². The molecule has 1 aliphatic rings. The van der Waals surface area contributed by atoms with Gasteiger partial charge in [0, 0.05) is 19.7 Å². The Balaban J connectivity index is 2.05. The predicted molar refractivity (Wildman–Crippen MR) is 62.4 cm³/mol. The third-order valence-corrected chi connectivity index (χ3v) is 2.35.